The number of halogens is 1. The molecule has 0 rings (SSSR count). The van der Waals surface area contributed by atoms with Gasteiger partial charge in [0, 0.05) is 0 Å². The molecule has 1 N–H and O–H groups in total. The predicted octanol–water partition coefficient (Wildman–Crippen LogP) is -3.58. The second-order valence-corrected chi connectivity index (χ2v) is 1.04. The van der Waals surface area contributed by atoms with Gasteiger partial charge in [0.2, 0.25) is 0 Å². The Morgan fingerprint density at radius 2 is 1.40 bits per heavy atom. The van der Waals surface area contributed by atoms with Gasteiger partial charge in [0.15, 0.2) is 0 Å². The SMILES string of the molecule is [CsH].[O-][Br+2]([O-])O. The van der Waals surface area contributed by atoms with E-state index in [0.29, 0.717) is 0 Å². The molecule has 0 heterocycles. The van der Waals surface area contributed by atoms with Crippen LogP contribution in [0.15, 0.2) is 0 Å². The topological polar surface area (TPSA) is 66.3 Å². The van der Waals surface area contributed by atoms with Crippen molar-refractivity contribution in [3.63, 3.8) is 0 Å². The van der Waals surface area contributed by atoms with E-state index in [1.54, 1.807) is 0 Å². The van der Waals surface area contributed by atoms with E-state index in [0.717, 1.165) is 0 Å². The fourth-order valence-electron chi connectivity index (χ4n) is 0. The van der Waals surface area contributed by atoms with Crippen molar-refractivity contribution in [2.75, 3.05) is 0 Å². The zero-order valence-corrected chi connectivity index (χ0v) is 3.23. The van der Waals surface area contributed by atoms with Crippen molar-refractivity contribution in [3.05, 3.63) is 0 Å². The van der Waals surface area contributed by atoms with Crippen LogP contribution in [-0.4, -0.2) is 73.1 Å². The molecule has 5 heavy (non-hydrogen) atoms. The van der Waals surface area contributed by atoms with E-state index in [2.05, 4.69) is 0 Å². The van der Waals surface area contributed by atoms with Gasteiger partial charge in [0.05, 0.1) is 0 Å². The summed E-state index contributed by atoms with van der Waals surface area (Å²) in [5.74, 6) is 0. The van der Waals surface area contributed by atoms with Crippen LogP contribution in [0.4, 0.5) is 0 Å². The number of rotatable bonds is 0. The average molecular weight is 263 g/mol. The van der Waals surface area contributed by atoms with Gasteiger partial charge in [0.25, 0.3) is 0 Å². The summed E-state index contributed by atoms with van der Waals surface area (Å²) < 4.78 is 24.3. The van der Waals surface area contributed by atoms with Crippen molar-refractivity contribution in [1.29, 1.82) is 0 Å². The second kappa shape index (κ2) is 6.41. The quantitative estimate of drug-likeness (QED) is 0.491. The Morgan fingerprint density at radius 1 is 1.40 bits per heavy atom. The van der Waals surface area contributed by atoms with Gasteiger partial charge in [-0.05, 0) is 4.20 Å². The first-order chi connectivity index (χ1) is 1.73. The van der Waals surface area contributed by atoms with Crippen LogP contribution in [0.2, 0.25) is 0 Å². The van der Waals surface area contributed by atoms with E-state index < -0.39 is 14.8 Å². The summed E-state index contributed by atoms with van der Waals surface area (Å²) in [7, 11) is 0. The van der Waals surface area contributed by atoms with Crippen molar-refractivity contribution in [2.45, 2.75) is 0 Å². The van der Waals surface area contributed by atoms with Gasteiger partial charge in [-0.3, -0.25) is 0 Å². The van der Waals surface area contributed by atoms with Gasteiger partial charge < -0.3 is 8.40 Å². The van der Waals surface area contributed by atoms with Crippen molar-refractivity contribution in [1.82, 2.24) is 0 Å². The third kappa shape index (κ3) is 21.5. The van der Waals surface area contributed by atoms with Crippen LogP contribution >= 0.6 is 0 Å². The normalized spacial score (nSPS) is 7.20. The molecular formula is H2BrCsO3. The minimum absolute atomic E-state index is 0. The zero-order valence-electron chi connectivity index (χ0n) is 1.64. The Labute approximate surface area is 93.6 Å². The average Bonchev–Trinajstić information content (AvgIpc) is 0.811. The maximum absolute atomic E-state index is 8.63. The van der Waals surface area contributed by atoms with E-state index in [1.165, 1.54) is 0 Å². The van der Waals surface area contributed by atoms with Crippen LogP contribution < -0.4 is 8.40 Å². The molecule has 0 saturated heterocycles. The summed E-state index contributed by atoms with van der Waals surface area (Å²) >= 11 is -3.40. The Hall–Kier alpha value is 2.41. The molecule has 0 aliphatic carbocycles. The molecule has 0 saturated carbocycles. The number of hydrogen-bond acceptors (Lipinski definition) is 3. The third-order valence-corrected chi connectivity index (χ3v) is 0. The van der Waals surface area contributed by atoms with E-state index in [1.807, 2.05) is 0 Å². The van der Waals surface area contributed by atoms with Crippen molar-refractivity contribution >= 4 is 68.9 Å². The maximum Gasteiger partial charge on any atom is 0.433 e. The molecule has 0 fully saturated rings. The molecular weight excluding hydrogens is 261 g/mol. The fraction of sp³-hybridized carbons (Fsp3) is 0. The summed E-state index contributed by atoms with van der Waals surface area (Å²) in [6, 6.07) is 0. The first-order valence-electron chi connectivity index (χ1n) is 0.478. The smallest absolute Gasteiger partial charge is 0.372 e. The minimum atomic E-state index is -3.40. The van der Waals surface area contributed by atoms with Crippen LogP contribution in [-0.2, 0) is 0 Å². The van der Waals surface area contributed by atoms with E-state index in [9.17, 15) is 0 Å². The molecule has 0 radical (unpaired) electrons. The molecule has 5 heteroatoms. The molecule has 3 nitrogen and oxygen atoms in total. The van der Waals surface area contributed by atoms with E-state index in [4.69, 9.17) is 12.6 Å². The van der Waals surface area contributed by atoms with Gasteiger partial charge in [0.1, 0.15) is 0 Å². The Morgan fingerprint density at radius 3 is 1.40 bits per heavy atom. The molecule has 0 unspecified atom stereocenters. The molecule has 0 spiro atoms. The molecule has 28 valence electrons. The zero-order chi connectivity index (χ0) is 3.58. The Balaban J connectivity index is 0. The standard InChI is InChI=1S/BrHO3.Cs.H/c2-1(3)4;;/h2H;;. The minimum Gasteiger partial charge on any atom is -0.372 e. The van der Waals surface area contributed by atoms with Crippen LogP contribution in [0, 0.1) is 14.8 Å². The van der Waals surface area contributed by atoms with Crippen molar-refractivity contribution < 1.29 is 27.4 Å². The van der Waals surface area contributed by atoms with Crippen LogP contribution in [0.1, 0.15) is 0 Å². The monoisotopic (exact) mass is 262 g/mol. The van der Waals surface area contributed by atoms with Crippen molar-refractivity contribution in [3.8, 4) is 0 Å². The molecule has 0 aromatic heterocycles. The van der Waals surface area contributed by atoms with Gasteiger partial charge in [-0.1, -0.05) is 0 Å². The molecule has 0 aliphatic heterocycles. The fourth-order valence-corrected chi connectivity index (χ4v) is 0. The maximum atomic E-state index is 8.63. The van der Waals surface area contributed by atoms with E-state index in [-0.39, 0.29) is 68.9 Å². The molecule has 0 amide bonds. The van der Waals surface area contributed by atoms with Crippen molar-refractivity contribution in [2.24, 2.45) is 0 Å². The second-order valence-electron chi connectivity index (χ2n) is 0.201. The molecule has 0 aliphatic rings. The Kier molecular flexibility index (Phi) is 13.3. The van der Waals surface area contributed by atoms with E-state index >= 15 is 0 Å². The van der Waals surface area contributed by atoms with Crippen LogP contribution in [0.3, 0.4) is 0 Å². The summed E-state index contributed by atoms with van der Waals surface area (Å²) in [6.07, 6.45) is 0. The summed E-state index contributed by atoms with van der Waals surface area (Å²) in [5.41, 5.74) is 0. The number of hydrogen-bond donors (Lipinski definition) is 1. The first kappa shape index (κ1) is 10.4. The Bertz CT molecular complexity index is 11.6. The summed E-state index contributed by atoms with van der Waals surface area (Å²) in [4.78, 5) is 0. The van der Waals surface area contributed by atoms with Crippen LogP contribution in [0.25, 0.3) is 0 Å². The third-order valence-electron chi connectivity index (χ3n) is 0. The summed E-state index contributed by atoms with van der Waals surface area (Å²) in [5, 5.41) is 0. The molecule has 0 bridgehead atoms. The van der Waals surface area contributed by atoms with Gasteiger partial charge in [-0.2, -0.15) is 0 Å². The van der Waals surface area contributed by atoms with Gasteiger partial charge >= 0.3 is 83.7 Å². The molecule has 0 atom stereocenters. The van der Waals surface area contributed by atoms with Crippen LogP contribution in [0.5, 0.6) is 0 Å². The van der Waals surface area contributed by atoms with Gasteiger partial charge in [-0.25, -0.2) is 0 Å². The predicted molar refractivity (Wildman–Crippen MR) is 9.37 cm³/mol. The van der Waals surface area contributed by atoms with Gasteiger partial charge in [-0.15, -0.1) is 0 Å². The molecule has 0 aromatic rings. The summed E-state index contributed by atoms with van der Waals surface area (Å²) in [6.45, 7) is 0. The molecule has 0 aromatic carbocycles. The first-order valence-corrected chi connectivity index (χ1v) is 2.48. The largest absolute Gasteiger partial charge is 0.433 e.